The van der Waals surface area contributed by atoms with Crippen LogP contribution in [0.1, 0.15) is 0 Å². The Hall–Kier alpha value is -2.14. The van der Waals surface area contributed by atoms with Crippen molar-refractivity contribution in [1.29, 1.82) is 0 Å². The first-order chi connectivity index (χ1) is 10.3. The van der Waals surface area contributed by atoms with Crippen LogP contribution in [0.3, 0.4) is 0 Å². The van der Waals surface area contributed by atoms with E-state index in [1.165, 1.54) is 6.07 Å². The largest absolute Gasteiger partial charge is 0.469 e. The van der Waals surface area contributed by atoms with Crippen molar-refractivity contribution in [2.45, 2.75) is 6.73 Å². The fourth-order valence-corrected chi connectivity index (χ4v) is 3.20. The number of para-hydroxylation sites is 1. The fraction of sp³-hybridized carbons (Fsp3) is 0.0625. The van der Waals surface area contributed by atoms with Crippen molar-refractivity contribution in [3.8, 4) is 28.4 Å². The van der Waals surface area contributed by atoms with Crippen LogP contribution >= 0.6 is 15.9 Å². The number of hydrogen-bond acceptors (Lipinski definition) is 2. The van der Waals surface area contributed by atoms with Crippen molar-refractivity contribution in [1.82, 2.24) is 9.55 Å². The molecule has 0 spiro atoms. The van der Waals surface area contributed by atoms with E-state index in [9.17, 15) is 4.39 Å². The highest BCUT2D eigenvalue weighted by molar-refractivity contribution is 9.10. The van der Waals surface area contributed by atoms with Crippen molar-refractivity contribution in [2.75, 3.05) is 0 Å². The molecule has 0 unspecified atom stereocenters. The Bertz CT molecular complexity index is 830. The Balaban J connectivity index is 1.97. The summed E-state index contributed by atoms with van der Waals surface area (Å²) < 4.78 is 22.1. The molecule has 4 rings (SSSR count). The van der Waals surface area contributed by atoms with Gasteiger partial charge in [-0.3, -0.25) is 4.57 Å². The number of nitrogens with zero attached hydrogens (tertiary/aromatic N) is 2. The van der Waals surface area contributed by atoms with Gasteiger partial charge in [0, 0.05) is 5.56 Å². The molecule has 21 heavy (non-hydrogen) atoms. The molecule has 3 nitrogen and oxygen atoms in total. The predicted octanol–water partition coefficient (Wildman–Crippen LogP) is 4.47. The highest BCUT2D eigenvalue weighted by Crippen LogP contribution is 2.40. The van der Waals surface area contributed by atoms with Crippen LogP contribution in [0.5, 0.6) is 5.75 Å². The van der Waals surface area contributed by atoms with Crippen molar-refractivity contribution >= 4 is 15.9 Å². The van der Waals surface area contributed by atoms with Crippen molar-refractivity contribution < 1.29 is 9.13 Å². The van der Waals surface area contributed by atoms with Crippen LogP contribution in [-0.4, -0.2) is 9.55 Å². The molecule has 0 saturated heterocycles. The summed E-state index contributed by atoms with van der Waals surface area (Å²) in [5.41, 5.74) is 2.64. The van der Waals surface area contributed by atoms with Crippen molar-refractivity contribution in [3.05, 3.63) is 59.0 Å². The lowest BCUT2D eigenvalue weighted by Gasteiger charge is -2.21. The zero-order valence-electron chi connectivity index (χ0n) is 10.9. The number of benzene rings is 2. The van der Waals surface area contributed by atoms with Crippen LogP contribution in [-0.2, 0) is 6.73 Å². The summed E-state index contributed by atoms with van der Waals surface area (Å²) in [6, 6.07) is 14.8. The second-order valence-electron chi connectivity index (χ2n) is 4.76. The number of imidazole rings is 1. The van der Waals surface area contributed by atoms with Crippen LogP contribution in [0, 0.1) is 5.82 Å². The first-order valence-corrected chi connectivity index (χ1v) is 7.28. The average Bonchev–Trinajstić information content (AvgIpc) is 2.85. The van der Waals surface area contributed by atoms with Crippen LogP contribution in [0.2, 0.25) is 0 Å². The minimum atomic E-state index is -0.362. The number of halogens is 2. The molecule has 104 valence electrons. The molecule has 0 fully saturated rings. The molecule has 1 aliphatic heterocycles. The van der Waals surface area contributed by atoms with E-state index in [0.29, 0.717) is 11.4 Å². The Morgan fingerprint density at radius 1 is 1.10 bits per heavy atom. The zero-order chi connectivity index (χ0) is 14.4. The topological polar surface area (TPSA) is 27.1 Å². The first-order valence-electron chi connectivity index (χ1n) is 6.49. The second kappa shape index (κ2) is 4.70. The van der Waals surface area contributed by atoms with Gasteiger partial charge < -0.3 is 4.74 Å². The number of rotatable bonds is 1. The second-order valence-corrected chi connectivity index (χ2v) is 5.51. The summed E-state index contributed by atoms with van der Waals surface area (Å²) in [5, 5.41) is 0. The third-order valence-electron chi connectivity index (χ3n) is 3.52. The zero-order valence-corrected chi connectivity index (χ0v) is 12.5. The molecule has 0 atom stereocenters. The van der Waals surface area contributed by atoms with E-state index in [4.69, 9.17) is 4.74 Å². The minimum Gasteiger partial charge on any atom is -0.469 e. The molecule has 0 aliphatic carbocycles. The predicted molar refractivity (Wildman–Crippen MR) is 81.4 cm³/mol. The van der Waals surface area contributed by atoms with E-state index >= 15 is 0 Å². The van der Waals surface area contributed by atoms with Gasteiger partial charge in [0.15, 0.2) is 18.3 Å². The molecular weight excluding hydrogens is 335 g/mol. The van der Waals surface area contributed by atoms with E-state index in [-0.39, 0.29) is 18.3 Å². The van der Waals surface area contributed by atoms with Gasteiger partial charge in [-0.15, -0.1) is 0 Å². The highest BCUT2D eigenvalue weighted by Gasteiger charge is 2.26. The molecule has 0 saturated carbocycles. The van der Waals surface area contributed by atoms with Crippen LogP contribution < -0.4 is 4.74 Å². The molecule has 5 heteroatoms. The summed E-state index contributed by atoms with van der Waals surface area (Å²) >= 11 is 3.50. The molecule has 3 aromatic rings. The van der Waals surface area contributed by atoms with E-state index in [1.807, 2.05) is 41.0 Å². The van der Waals surface area contributed by atoms with Gasteiger partial charge in [-0.25, -0.2) is 9.37 Å². The number of fused-ring (bicyclic) bond motifs is 3. The van der Waals surface area contributed by atoms with E-state index in [2.05, 4.69) is 20.9 Å². The Morgan fingerprint density at radius 2 is 1.90 bits per heavy atom. The lowest BCUT2D eigenvalue weighted by molar-refractivity contribution is 0.221. The first kappa shape index (κ1) is 12.6. The van der Waals surface area contributed by atoms with E-state index < -0.39 is 0 Å². The van der Waals surface area contributed by atoms with Gasteiger partial charge in [0.2, 0.25) is 0 Å². The maximum Gasteiger partial charge on any atom is 0.168 e. The van der Waals surface area contributed by atoms with Crippen LogP contribution in [0.25, 0.3) is 22.6 Å². The summed E-state index contributed by atoms with van der Waals surface area (Å²) in [7, 11) is 0. The fourth-order valence-electron chi connectivity index (χ4n) is 2.59. The SMILES string of the molecule is Fc1cccc2c1OCn1c-2nc(Br)c1-c1ccccc1. The summed E-state index contributed by atoms with van der Waals surface area (Å²) in [6.07, 6.45) is 0. The molecule has 2 heterocycles. The van der Waals surface area contributed by atoms with E-state index in [0.717, 1.165) is 15.9 Å². The molecule has 0 N–H and O–H groups in total. The number of aromatic nitrogens is 2. The third kappa shape index (κ3) is 1.88. The van der Waals surface area contributed by atoms with Gasteiger partial charge in [0.05, 0.1) is 11.3 Å². The maximum atomic E-state index is 13.8. The van der Waals surface area contributed by atoms with E-state index in [1.54, 1.807) is 6.07 Å². The molecule has 0 bridgehead atoms. The molecule has 0 radical (unpaired) electrons. The highest BCUT2D eigenvalue weighted by atomic mass is 79.9. The summed E-state index contributed by atoms with van der Waals surface area (Å²) in [5.74, 6) is 0.614. The lowest BCUT2D eigenvalue weighted by atomic mass is 10.1. The number of ether oxygens (including phenoxy) is 1. The Morgan fingerprint density at radius 3 is 2.71 bits per heavy atom. The third-order valence-corrected chi connectivity index (χ3v) is 4.07. The molecule has 0 amide bonds. The summed E-state index contributed by atoms with van der Waals surface area (Å²) in [4.78, 5) is 4.54. The van der Waals surface area contributed by atoms with Crippen LogP contribution in [0.4, 0.5) is 4.39 Å². The van der Waals surface area contributed by atoms with Gasteiger partial charge in [-0.1, -0.05) is 36.4 Å². The Labute approximate surface area is 129 Å². The average molecular weight is 345 g/mol. The standard InChI is InChI=1S/C16H10BrFN2O/c17-15-13(10-5-2-1-3-6-10)20-9-21-14-11(16(20)19-15)7-4-8-12(14)18/h1-8H,9H2. The Kier molecular flexibility index (Phi) is 2.82. The van der Waals surface area contributed by atoms with Gasteiger partial charge in [0.1, 0.15) is 10.4 Å². The maximum absolute atomic E-state index is 13.8. The number of hydrogen-bond donors (Lipinski definition) is 0. The quantitative estimate of drug-likeness (QED) is 0.651. The van der Waals surface area contributed by atoms with Gasteiger partial charge in [-0.05, 0) is 28.1 Å². The smallest absolute Gasteiger partial charge is 0.168 e. The van der Waals surface area contributed by atoms with Crippen LogP contribution in [0.15, 0.2) is 53.1 Å². The van der Waals surface area contributed by atoms with Crippen molar-refractivity contribution in [3.63, 3.8) is 0 Å². The summed E-state index contributed by atoms with van der Waals surface area (Å²) in [6.45, 7) is 0.242. The molecule has 1 aromatic heterocycles. The normalized spacial score (nSPS) is 12.5. The van der Waals surface area contributed by atoms with Gasteiger partial charge in [0.25, 0.3) is 0 Å². The molecule has 1 aliphatic rings. The van der Waals surface area contributed by atoms with Gasteiger partial charge in [-0.2, -0.15) is 0 Å². The minimum absolute atomic E-state index is 0.242. The molecule has 2 aromatic carbocycles. The van der Waals surface area contributed by atoms with Crippen molar-refractivity contribution in [2.24, 2.45) is 0 Å². The monoisotopic (exact) mass is 344 g/mol. The van der Waals surface area contributed by atoms with Gasteiger partial charge >= 0.3 is 0 Å². The molecular formula is C16H10BrFN2O. The lowest BCUT2D eigenvalue weighted by Crippen LogP contribution is -2.14.